The van der Waals surface area contributed by atoms with E-state index in [1.807, 2.05) is 18.2 Å². The van der Waals surface area contributed by atoms with E-state index in [-0.39, 0.29) is 0 Å². The highest BCUT2D eigenvalue weighted by atomic mass is 15.3. The van der Waals surface area contributed by atoms with E-state index in [1.54, 1.807) is 24.7 Å². The smallest absolute Gasteiger partial charge is 0.178 e. The molecular weight excluding hydrogens is 216 g/mol. The molecule has 0 radical (unpaired) electrons. The summed E-state index contributed by atoms with van der Waals surface area (Å²) in [7, 11) is 0. The molecule has 6 nitrogen and oxygen atoms in total. The quantitative estimate of drug-likeness (QED) is 0.710. The average Bonchev–Trinajstić information content (AvgIpc) is 2.94. The minimum atomic E-state index is 0.595. The lowest BCUT2D eigenvalue weighted by Gasteiger charge is -2.00. The van der Waals surface area contributed by atoms with Gasteiger partial charge in [0.25, 0.3) is 0 Å². The normalized spacial score (nSPS) is 10.4. The number of hydrogen-bond acceptors (Lipinski definition) is 5. The summed E-state index contributed by atoms with van der Waals surface area (Å²) < 4.78 is 0. The first-order valence-corrected chi connectivity index (χ1v) is 5.04. The third-order valence-electron chi connectivity index (χ3n) is 2.22. The van der Waals surface area contributed by atoms with Crippen molar-refractivity contribution >= 4 is 0 Å². The molecule has 0 fully saturated rings. The van der Waals surface area contributed by atoms with Crippen LogP contribution in [0.15, 0.2) is 42.9 Å². The fraction of sp³-hybridized carbons (Fsp3) is 0. The fourth-order valence-electron chi connectivity index (χ4n) is 1.46. The van der Waals surface area contributed by atoms with Gasteiger partial charge in [-0.2, -0.15) is 15.4 Å². The summed E-state index contributed by atoms with van der Waals surface area (Å²) in [4.78, 5) is 12.7. The molecule has 3 heterocycles. The van der Waals surface area contributed by atoms with Crippen molar-refractivity contribution in [1.82, 2.24) is 30.4 Å². The van der Waals surface area contributed by atoms with Crippen LogP contribution in [0.1, 0.15) is 0 Å². The molecule has 0 saturated heterocycles. The van der Waals surface area contributed by atoms with Gasteiger partial charge in [0.1, 0.15) is 11.4 Å². The highest BCUT2D eigenvalue weighted by Crippen LogP contribution is 2.17. The maximum atomic E-state index is 4.44. The molecule has 0 aliphatic heterocycles. The highest BCUT2D eigenvalue weighted by molar-refractivity contribution is 5.58. The van der Waals surface area contributed by atoms with Crippen LogP contribution in [-0.2, 0) is 0 Å². The second-order valence-electron chi connectivity index (χ2n) is 3.34. The van der Waals surface area contributed by atoms with Crippen molar-refractivity contribution in [2.75, 3.05) is 0 Å². The molecule has 6 heteroatoms. The van der Waals surface area contributed by atoms with Crippen LogP contribution in [-0.4, -0.2) is 30.4 Å². The topological polar surface area (TPSA) is 80.2 Å². The van der Waals surface area contributed by atoms with Gasteiger partial charge in [0.05, 0.1) is 11.9 Å². The third-order valence-corrected chi connectivity index (χ3v) is 2.22. The number of pyridine rings is 1. The van der Waals surface area contributed by atoms with Gasteiger partial charge in [0.15, 0.2) is 5.82 Å². The summed E-state index contributed by atoms with van der Waals surface area (Å²) in [6.45, 7) is 0. The number of nitrogens with one attached hydrogen (secondary N) is 1. The van der Waals surface area contributed by atoms with Gasteiger partial charge in [-0.25, -0.2) is 15.0 Å². The minimum absolute atomic E-state index is 0.595. The molecule has 0 unspecified atom stereocenters. The molecule has 3 rings (SSSR count). The standard InChI is InChI=1S/C11H8N6/c1-3-8(10-7-14-17-16-10)15-9(4-1)11-12-5-2-6-13-11/h1-7H,(H,14,16,17). The zero-order valence-corrected chi connectivity index (χ0v) is 8.78. The monoisotopic (exact) mass is 224 g/mol. The number of nitrogens with zero attached hydrogens (tertiary/aromatic N) is 5. The molecule has 17 heavy (non-hydrogen) atoms. The van der Waals surface area contributed by atoms with E-state index in [4.69, 9.17) is 0 Å². The first kappa shape index (κ1) is 9.59. The third kappa shape index (κ3) is 1.87. The van der Waals surface area contributed by atoms with Crippen molar-refractivity contribution in [3.63, 3.8) is 0 Å². The van der Waals surface area contributed by atoms with E-state index in [0.29, 0.717) is 17.2 Å². The molecule has 3 aromatic heterocycles. The molecule has 0 aliphatic carbocycles. The van der Waals surface area contributed by atoms with Crippen LogP contribution >= 0.6 is 0 Å². The molecule has 0 saturated carbocycles. The maximum Gasteiger partial charge on any atom is 0.178 e. The highest BCUT2D eigenvalue weighted by Gasteiger charge is 2.06. The van der Waals surface area contributed by atoms with Gasteiger partial charge in [0.2, 0.25) is 0 Å². The molecular formula is C11H8N6. The Labute approximate surface area is 96.8 Å². The van der Waals surface area contributed by atoms with Crippen LogP contribution in [0, 0.1) is 0 Å². The number of hydrogen-bond donors (Lipinski definition) is 1. The van der Waals surface area contributed by atoms with Gasteiger partial charge in [0, 0.05) is 12.4 Å². The molecule has 3 aromatic rings. The van der Waals surface area contributed by atoms with Crippen LogP contribution in [0.3, 0.4) is 0 Å². The number of rotatable bonds is 2. The van der Waals surface area contributed by atoms with Gasteiger partial charge in [-0.1, -0.05) is 6.07 Å². The van der Waals surface area contributed by atoms with E-state index in [0.717, 1.165) is 5.69 Å². The van der Waals surface area contributed by atoms with Crippen molar-refractivity contribution in [2.24, 2.45) is 0 Å². The molecule has 0 atom stereocenters. The zero-order chi connectivity index (χ0) is 11.5. The van der Waals surface area contributed by atoms with Crippen molar-refractivity contribution in [1.29, 1.82) is 0 Å². The summed E-state index contributed by atoms with van der Waals surface area (Å²) in [6, 6.07) is 7.39. The van der Waals surface area contributed by atoms with Crippen LogP contribution in [0.25, 0.3) is 22.9 Å². The van der Waals surface area contributed by atoms with E-state index < -0.39 is 0 Å². The number of aromatic amines is 1. The second-order valence-corrected chi connectivity index (χ2v) is 3.34. The summed E-state index contributed by atoms with van der Waals surface area (Å²) >= 11 is 0. The Morgan fingerprint density at radius 3 is 2.47 bits per heavy atom. The van der Waals surface area contributed by atoms with E-state index >= 15 is 0 Å². The lowest BCUT2D eigenvalue weighted by atomic mass is 10.2. The molecule has 1 N–H and O–H groups in total. The zero-order valence-electron chi connectivity index (χ0n) is 8.78. The summed E-state index contributed by atoms with van der Waals surface area (Å²) in [5, 5.41) is 10.3. The van der Waals surface area contributed by atoms with Gasteiger partial charge in [-0.3, -0.25) is 0 Å². The predicted octanol–water partition coefficient (Wildman–Crippen LogP) is 1.32. The van der Waals surface area contributed by atoms with Crippen LogP contribution in [0.4, 0.5) is 0 Å². The van der Waals surface area contributed by atoms with Gasteiger partial charge in [-0.15, -0.1) is 0 Å². The van der Waals surface area contributed by atoms with Crippen molar-refractivity contribution in [3.05, 3.63) is 42.9 Å². The van der Waals surface area contributed by atoms with Crippen molar-refractivity contribution in [3.8, 4) is 22.9 Å². The van der Waals surface area contributed by atoms with Gasteiger partial charge in [-0.05, 0) is 18.2 Å². The maximum absolute atomic E-state index is 4.44. The van der Waals surface area contributed by atoms with Crippen molar-refractivity contribution < 1.29 is 0 Å². The van der Waals surface area contributed by atoms with E-state index in [9.17, 15) is 0 Å². The van der Waals surface area contributed by atoms with Crippen LogP contribution in [0.2, 0.25) is 0 Å². The summed E-state index contributed by atoms with van der Waals surface area (Å²) in [6.07, 6.45) is 5.00. The fourth-order valence-corrected chi connectivity index (χ4v) is 1.46. The molecule has 0 aromatic carbocycles. The first-order chi connectivity index (χ1) is 8.43. The van der Waals surface area contributed by atoms with Crippen molar-refractivity contribution in [2.45, 2.75) is 0 Å². The predicted molar refractivity (Wildman–Crippen MR) is 60.6 cm³/mol. The lowest BCUT2D eigenvalue weighted by Crippen LogP contribution is -1.92. The Hall–Kier alpha value is -2.63. The number of aromatic nitrogens is 6. The molecule has 0 amide bonds. The Kier molecular flexibility index (Phi) is 2.31. The first-order valence-electron chi connectivity index (χ1n) is 5.04. The SMILES string of the molecule is c1cnc(-c2cccc(-c3cn[nH]n3)n2)nc1. The lowest BCUT2D eigenvalue weighted by molar-refractivity contribution is 0.940. The minimum Gasteiger partial charge on any atom is -0.243 e. The molecule has 0 spiro atoms. The Balaban J connectivity index is 2.06. The van der Waals surface area contributed by atoms with E-state index in [1.165, 1.54) is 0 Å². The van der Waals surface area contributed by atoms with E-state index in [2.05, 4.69) is 30.4 Å². The van der Waals surface area contributed by atoms with Gasteiger partial charge < -0.3 is 0 Å². The second kappa shape index (κ2) is 4.09. The molecule has 0 aliphatic rings. The van der Waals surface area contributed by atoms with Crippen LogP contribution in [0.5, 0.6) is 0 Å². The largest absolute Gasteiger partial charge is 0.243 e. The Morgan fingerprint density at radius 1 is 0.882 bits per heavy atom. The Morgan fingerprint density at radius 2 is 1.71 bits per heavy atom. The molecule has 0 bridgehead atoms. The van der Waals surface area contributed by atoms with Crippen LogP contribution < -0.4 is 0 Å². The Bertz CT molecular complexity index is 605. The summed E-state index contributed by atoms with van der Waals surface area (Å²) in [5.74, 6) is 0.595. The summed E-state index contributed by atoms with van der Waals surface area (Å²) in [5.41, 5.74) is 2.15. The number of H-pyrrole nitrogens is 1. The molecule has 82 valence electrons. The average molecular weight is 224 g/mol. The van der Waals surface area contributed by atoms with Gasteiger partial charge >= 0.3 is 0 Å².